The van der Waals surface area contributed by atoms with E-state index in [1.165, 1.54) is 6.07 Å². The molecule has 1 unspecified atom stereocenters. The fraction of sp³-hybridized carbons (Fsp3) is 0.417. The minimum Gasteiger partial charge on any atom is -0.342 e. The monoisotopic (exact) mass is 237 g/mol. The van der Waals surface area contributed by atoms with E-state index in [1.54, 1.807) is 0 Å². The number of rotatable bonds is 2. The molecule has 2 heterocycles. The summed E-state index contributed by atoms with van der Waals surface area (Å²) < 4.78 is 26.5. The van der Waals surface area contributed by atoms with Gasteiger partial charge in [-0.25, -0.2) is 13.8 Å². The van der Waals surface area contributed by atoms with Crippen molar-refractivity contribution in [3.05, 3.63) is 29.6 Å². The summed E-state index contributed by atoms with van der Waals surface area (Å²) in [5.74, 6) is -1.01. The molecule has 2 N–H and O–H groups in total. The average molecular weight is 237 g/mol. The van der Waals surface area contributed by atoms with Crippen molar-refractivity contribution in [3.63, 3.8) is 0 Å². The molecule has 3 nitrogen and oxygen atoms in total. The molecule has 1 aromatic heterocycles. The Bertz CT molecular complexity index is 544. The summed E-state index contributed by atoms with van der Waals surface area (Å²) in [6.07, 6.45) is 3.00. The van der Waals surface area contributed by atoms with Crippen LogP contribution in [0.25, 0.3) is 11.0 Å². The predicted molar refractivity (Wildman–Crippen MR) is 60.7 cm³/mol. The van der Waals surface area contributed by atoms with Gasteiger partial charge in [-0.2, -0.15) is 0 Å². The van der Waals surface area contributed by atoms with Crippen LogP contribution in [0.15, 0.2) is 12.1 Å². The summed E-state index contributed by atoms with van der Waals surface area (Å²) in [5.41, 5.74) is 0.648. The number of imidazole rings is 1. The molecule has 0 saturated carbocycles. The van der Waals surface area contributed by atoms with Crippen molar-refractivity contribution < 1.29 is 8.78 Å². The number of aromatic nitrogens is 2. The topological polar surface area (TPSA) is 40.7 Å². The highest BCUT2D eigenvalue weighted by atomic mass is 19.2. The second kappa shape index (κ2) is 4.07. The van der Waals surface area contributed by atoms with Crippen LogP contribution in [0.1, 0.15) is 18.7 Å². The molecule has 1 aliphatic rings. The van der Waals surface area contributed by atoms with E-state index >= 15 is 0 Å². The maximum Gasteiger partial charge on any atom is 0.186 e. The standard InChI is InChI=1S/C12H13F2N3/c13-8-3-4-9-12(11(8)14)17-10(16-9)6-7-2-1-5-15-7/h3-4,7,15H,1-2,5-6H2,(H,16,17). The maximum absolute atomic E-state index is 13.5. The van der Waals surface area contributed by atoms with Gasteiger partial charge in [0.05, 0.1) is 5.52 Å². The zero-order chi connectivity index (χ0) is 11.8. The molecule has 1 fully saturated rings. The van der Waals surface area contributed by atoms with Crippen LogP contribution >= 0.6 is 0 Å². The lowest BCUT2D eigenvalue weighted by atomic mass is 10.1. The number of halogens is 2. The summed E-state index contributed by atoms with van der Waals surface area (Å²) in [5, 5.41) is 3.35. The van der Waals surface area contributed by atoms with E-state index in [0.29, 0.717) is 17.4 Å². The molecular formula is C12H13F2N3. The van der Waals surface area contributed by atoms with E-state index in [2.05, 4.69) is 15.3 Å². The highest BCUT2D eigenvalue weighted by molar-refractivity contribution is 5.75. The fourth-order valence-electron chi connectivity index (χ4n) is 2.33. The van der Waals surface area contributed by atoms with Crippen molar-refractivity contribution in [1.29, 1.82) is 0 Å². The van der Waals surface area contributed by atoms with Crippen molar-refractivity contribution in [2.45, 2.75) is 25.3 Å². The Morgan fingerprint density at radius 2 is 2.24 bits per heavy atom. The van der Waals surface area contributed by atoms with E-state index < -0.39 is 11.6 Å². The van der Waals surface area contributed by atoms with Crippen LogP contribution in [0.2, 0.25) is 0 Å². The molecule has 90 valence electrons. The van der Waals surface area contributed by atoms with Gasteiger partial charge in [-0.1, -0.05) is 0 Å². The fourth-order valence-corrected chi connectivity index (χ4v) is 2.33. The van der Waals surface area contributed by atoms with Gasteiger partial charge in [0.1, 0.15) is 11.3 Å². The van der Waals surface area contributed by atoms with Crippen LogP contribution < -0.4 is 5.32 Å². The molecule has 1 aliphatic heterocycles. The Morgan fingerprint density at radius 3 is 3.00 bits per heavy atom. The minimum atomic E-state index is -0.871. The third-order valence-corrected chi connectivity index (χ3v) is 3.20. The maximum atomic E-state index is 13.5. The second-order valence-electron chi connectivity index (χ2n) is 4.44. The first-order chi connectivity index (χ1) is 8.24. The smallest absolute Gasteiger partial charge is 0.186 e. The first-order valence-electron chi connectivity index (χ1n) is 5.80. The highest BCUT2D eigenvalue weighted by Crippen LogP contribution is 2.19. The van der Waals surface area contributed by atoms with Gasteiger partial charge in [-0.15, -0.1) is 0 Å². The van der Waals surface area contributed by atoms with E-state index in [1.807, 2.05) is 0 Å². The van der Waals surface area contributed by atoms with Crippen LogP contribution in [0.3, 0.4) is 0 Å². The third-order valence-electron chi connectivity index (χ3n) is 3.20. The summed E-state index contributed by atoms with van der Waals surface area (Å²) in [7, 11) is 0. The van der Waals surface area contributed by atoms with Gasteiger partial charge in [-0.3, -0.25) is 0 Å². The minimum absolute atomic E-state index is 0.0954. The number of nitrogens with zero attached hydrogens (tertiary/aromatic N) is 1. The lowest BCUT2D eigenvalue weighted by Crippen LogP contribution is -2.24. The molecule has 0 aliphatic carbocycles. The van der Waals surface area contributed by atoms with E-state index in [4.69, 9.17) is 0 Å². The number of fused-ring (bicyclic) bond motifs is 1. The Balaban J connectivity index is 1.93. The van der Waals surface area contributed by atoms with Gasteiger partial charge in [0.15, 0.2) is 11.6 Å². The molecule has 5 heteroatoms. The largest absolute Gasteiger partial charge is 0.342 e. The Morgan fingerprint density at radius 1 is 1.35 bits per heavy atom. The van der Waals surface area contributed by atoms with Gasteiger partial charge < -0.3 is 10.3 Å². The predicted octanol–water partition coefficient (Wildman–Crippen LogP) is 2.14. The normalized spacial score (nSPS) is 20.2. The molecular weight excluding hydrogens is 224 g/mol. The Kier molecular flexibility index (Phi) is 2.55. The van der Waals surface area contributed by atoms with Crippen LogP contribution in [0.5, 0.6) is 0 Å². The zero-order valence-corrected chi connectivity index (χ0v) is 9.26. The quantitative estimate of drug-likeness (QED) is 0.840. The third kappa shape index (κ3) is 1.91. The SMILES string of the molecule is Fc1ccc2[nH]c(CC3CCCN3)nc2c1F. The summed E-state index contributed by atoms with van der Waals surface area (Å²) in [4.78, 5) is 7.16. The van der Waals surface area contributed by atoms with Crippen molar-refractivity contribution in [2.75, 3.05) is 6.54 Å². The van der Waals surface area contributed by atoms with Gasteiger partial charge in [0.25, 0.3) is 0 Å². The highest BCUT2D eigenvalue weighted by Gasteiger charge is 2.17. The molecule has 0 amide bonds. The zero-order valence-electron chi connectivity index (χ0n) is 9.26. The van der Waals surface area contributed by atoms with Crippen LogP contribution in [0, 0.1) is 11.6 Å². The molecule has 17 heavy (non-hydrogen) atoms. The van der Waals surface area contributed by atoms with E-state index in [0.717, 1.165) is 31.9 Å². The van der Waals surface area contributed by atoms with Crippen LogP contribution in [-0.2, 0) is 6.42 Å². The van der Waals surface area contributed by atoms with Gasteiger partial charge in [-0.05, 0) is 31.5 Å². The molecule has 3 rings (SSSR count). The van der Waals surface area contributed by atoms with Gasteiger partial charge >= 0.3 is 0 Å². The summed E-state index contributed by atoms with van der Waals surface area (Å²) >= 11 is 0. The number of hydrogen-bond donors (Lipinski definition) is 2. The average Bonchev–Trinajstić information content (AvgIpc) is 2.93. The number of H-pyrrole nitrogens is 1. The Hall–Kier alpha value is -1.49. The second-order valence-corrected chi connectivity index (χ2v) is 4.44. The first kappa shape index (κ1) is 10.7. The number of benzene rings is 1. The van der Waals surface area contributed by atoms with Crippen molar-refractivity contribution >= 4 is 11.0 Å². The molecule has 1 atom stereocenters. The molecule has 1 saturated heterocycles. The van der Waals surface area contributed by atoms with Crippen molar-refractivity contribution in [1.82, 2.24) is 15.3 Å². The lowest BCUT2D eigenvalue weighted by Gasteiger charge is -2.06. The van der Waals surface area contributed by atoms with Crippen LogP contribution in [0.4, 0.5) is 8.78 Å². The number of nitrogens with one attached hydrogen (secondary N) is 2. The molecule has 0 bridgehead atoms. The Labute approximate surface area is 97.2 Å². The van der Waals surface area contributed by atoms with Crippen LogP contribution in [-0.4, -0.2) is 22.6 Å². The lowest BCUT2D eigenvalue weighted by molar-refractivity contribution is 0.515. The van der Waals surface area contributed by atoms with E-state index in [-0.39, 0.29) is 5.52 Å². The van der Waals surface area contributed by atoms with Gasteiger partial charge in [0.2, 0.25) is 0 Å². The van der Waals surface area contributed by atoms with E-state index in [9.17, 15) is 8.78 Å². The molecule has 0 radical (unpaired) electrons. The van der Waals surface area contributed by atoms with Gasteiger partial charge in [0, 0.05) is 12.5 Å². The molecule has 0 spiro atoms. The van der Waals surface area contributed by atoms with Crippen molar-refractivity contribution in [3.8, 4) is 0 Å². The first-order valence-corrected chi connectivity index (χ1v) is 5.80. The number of hydrogen-bond acceptors (Lipinski definition) is 2. The molecule has 2 aromatic rings. The summed E-state index contributed by atoms with van der Waals surface area (Å²) in [6.45, 7) is 1.02. The summed E-state index contributed by atoms with van der Waals surface area (Å²) in [6, 6.07) is 3.03. The van der Waals surface area contributed by atoms with Crippen molar-refractivity contribution in [2.24, 2.45) is 0 Å². The number of aromatic amines is 1. The molecule has 1 aromatic carbocycles.